The zero-order valence-electron chi connectivity index (χ0n) is 11.0. The van der Waals surface area contributed by atoms with Crippen molar-refractivity contribution in [1.29, 1.82) is 0 Å². The van der Waals surface area contributed by atoms with Crippen LogP contribution < -0.4 is 5.73 Å². The van der Waals surface area contributed by atoms with Gasteiger partial charge in [0.05, 0.1) is 12.4 Å². The Morgan fingerprint density at radius 3 is 2.90 bits per heavy atom. The number of carbonyl (C=O) groups excluding carboxylic acids is 1. The van der Waals surface area contributed by atoms with E-state index in [1.165, 1.54) is 18.0 Å². The molecule has 2 aromatic rings. The molecule has 0 fully saturated rings. The van der Waals surface area contributed by atoms with Crippen LogP contribution in [-0.2, 0) is 10.5 Å². The summed E-state index contributed by atoms with van der Waals surface area (Å²) in [4.78, 5) is 19.6. The number of carbonyl (C=O) groups is 1. The fourth-order valence-electron chi connectivity index (χ4n) is 1.34. The molecule has 0 aromatic carbocycles. The van der Waals surface area contributed by atoms with Crippen molar-refractivity contribution in [2.24, 2.45) is 0 Å². The molecule has 0 bridgehead atoms. The summed E-state index contributed by atoms with van der Waals surface area (Å²) in [6, 6.07) is 0. The number of nitrogen functional groups attached to an aromatic ring is 1. The lowest BCUT2D eigenvalue weighted by atomic mass is 10.3. The van der Waals surface area contributed by atoms with Crippen molar-refractivity contribution in [3.63, 3.8) is 0 Å². The van der Waals surface area contributed by atoms with Gasteiger partial charge < -0.3 is 14.9 Å². The maximum absolute atomic E-state index is 11.5. The zero-order chi connectivity index (χ0) is 14.5. The molecule has 0 atom stereocenters. The molecule has 0 amide bonds. The first kappa shape index (κ1) is 14.3. The molecule has 20 heavy (non-hydrogen) atoms. The van der Waals surface area contributed by atoms with E-state index < -0.39 is 5.97 Å². The Hall–Kier alpha value is -2.16. The van der Waals surface area contributed by atoms with Crippen LogP contribution in [0.25, 0.3) is 0 Å². The lowest BCUT2D eigenvalue weighted by molar-refractivity contribution is 0.0526. The molecule has 0 spiro atoms. The number of thioether (sulfide) groups is 1. The molecule has 0 saturated carbocycles. The molecule has 2 rings (SSSR count). The SMILES string of the molecule is CCOC(=O)c1cnc(SCc2nnc(C)o2)nc1N. The quantitative estimate of drug-likeness (QED) is 0.493. The van der Waals surface area contributed by atoms with Gasteiger partial charge >= 0.3 is 5.97 Å². The van der Waals surface area contributed by atoms with Crippen LogP contribution in [0.15, 0.2) is 15.8 Å². The Kier molecular flexibility index (Phi) is 4.51. The van der Waals surface area contributed by atoms with Gasteiger partial charge in [0.25, 0.3) is 0 Å². The van der Waals surface area contributed by atoms with Crippen LogP contribution in [0.5, 0.6) is 0 Å². The number of aryl methyl sites for hydroxylation is 1. The average Bonchev–Trinajstić information content (AvgIpc) is 2.82. The molecule has 2 aromatic heterocycles. The van der Waals surface area contributed by atoms with Crippen molar-refractivity contribution >= 4 is 23.5 Å². The Balaban J connectivity index is 2.03. The van der Waals surface area contributed by atoms with E-state index in [9.17, 15) is 4.79 Å². The summed E-state index contributed by atoms with van der Waals surface area (Å²) in [7, 11) is 0. The highest BCUT2D eigenvalue weighted by molar-refractivity contribution is 7.98. The summed E-state index contributed by atoms with van der Waals surface area (Å²) in [5, 5.41) is 8.00. The monoisotopic (exact) mass is 295 g/mol. The number of esters is 1. The molecular weight excluding hydrogens is 282 g/mol. The molecule has 0 saturated heterocycles. The second-order valence-electron chi connectivity index (χ2n) is 3.68. The fraction of sp³-hybridized carbons (Fsp3) is 0.364. The van der Waals surface area contributed by atoms with Gasteiger partial charge in [-0.3, -0.25) is 0 Å². The molecule has 0 unspecified atom stereocenters. The molecular formula is C11H13N5O3S. The zero-order valence-corrected chi connectivity index (χ0v) is 11.8. The first-order valence-corrected chi connectivity index (χ1v) is 6.80. The van der Waals surface area contributed by atoms with Crippen molar-refractivity contribution in [3.05, 3.63) is 23.5 Å². The number of hydrogen-bond acceptors (Lipinski definition) is 9. The number of nitrogens with zero attached hydrogens (tertiary/aromatic N) is 4. The molecule has 0 aliphatic heterocycles. The Bertz CT molecular complexity index is 616. The number of aromatic nitrogens is 4. The molecule has 106 valence electrons. The minimum absolute atomic E-state index is 0.0858. The van der Waals surface area contributed by atoms with Crippen LogP contribution in [0, 0.1) is 6.92 Å². The molecule has 0 radical (unpaired) electrons. The van der Waals surface area contributed by atoms with Crippen molar-refractivity contribution < 1.29 is 13.9 Å². The minimum atomic E-state index is -0.533. The van der Waals surface area contributed by atoms with Crippen LogP contribution >= 0.6 is 11.8 Å². The summed E-state index contributed by atoms with van der Waals surface area (Å²) in [5.74, 6) is 0.957. The average molecular weight is 295 g/mol. The smallest absolute Gasteiger partial charge is 0.343 e. The van der Waals surface area contributed by atoms with E-state index in [1.807, 2.05) is 0 Å². The topological polar surface area (TPSA) is 117 Å². The predicted octanol–water partition coefficient (Wildman–Crippen LogP) is 1.22. The highest BCUT2D eigenvalue weighted by atomic mass is 32.2. The first-order valence-electron chi connectivity index (χ1n) is 5.81. The maximum atomic E-state index is 11.5. The molecule has 2 heterocycles. The van der Waals surface area contributed by atoms with Crippen LogP contribution in [0.2, 0.25) is 0 Å². The van der Waals surface area contributed by atoms with Gasteiger partial charge in [0.1, 0.15) is 11.4 Å². The highest BCUT2D eigenvalue weighted by Crippen LogP contribution is 2.20. The summed E-state index contributed by atoms with van der Waals surface area (Å²) in [5.41, 5.74) is 5.87. The maximum Gasteiger partial charge on any atom is 0.343 e. The van der Waals surface area contributed by atoms with E-state index in [1.54, 1.807) is 13.8 Å². The lowest BCUT2D eigenvalue weighted by Gasteiger charge is -2.05. The number of hydrogen-bond donors (Lipinski definition) is 1. The van der Waals surface area contributed by atoms with Gasteiger partial charge in [-0.2, -0.15) is 0 Å². The number of rotatable bonds is 5. The molecule has 0 aliphatic carbocycles. The van der Waals surface area contributed by atoms with Gasteiger partial charge in [-0.1, -0.05) is 11.8 Å². The van der Waals surface area contributed by atoms with Gasteiger partial charge in [-0.15, -0.1) is 10.2 Å². The van der Waals surface area contributed by atoms with Gasteiger partial charge in [0.15, 0.2) is 5.16 Å². The van der Waals surface area contributed by atoms with Crippen molar-refractivity contribution in [3.8, 4) is 0 Å². The summed E-state index contributed by atoms with van der Waals surface area (Å²) in [6.45, 7) is 3.70. The molecule has 2 N–H and O–H groups in total. The van der Waals surface area contributed by atoms with E-state index in [4.69, 9.17) is 14.9 Å². The van der Waals surface area contributed by atoms with Crippen LogP contribution in [0.4, 0.5) is 5.82 Å². The first-order chi connectivity index (χ1) is 9.60. The lowest BCUT2D eigenvalue weighted by Crippen LogP contribution is -2.10. The van der Waals surface area contributed by atoms with Gasteiger partial charge in [0, 0.05) is 13.1 Å². The van der Waals surface area contributed by atoms with Gasteiger partial charge in [-0.25, -0.2) is 14.8 Å². The van der Waals surface area contributed by atoms with E-state index in [0.29, 0.717) is 22.7 Å². The minimum Gasteiger partial charge on any atom is -0.462 e. The third-order valence-corrected chi connectivity index (χ3v) is 3.03. The van der Waals surface area contributed by atoms with Gasteiger partial charge in [0.2, 0.25) is 11.8 Å². The van der Waals surface area contributed by atoms with Crippen LogP contribution in [0.1, 0.15) is 29.1 Å². The number of anilines is 1. The normalized spacial score (nSPS) is 10.5. The second-order valence-corrected chi connectivity index (χ2v) is 4.62. The second kappa shape index (κ2) is 6.33. The molecule has 9 heteroatoms. The third kappa shape index (κ3) is 3.44. The van der Waals surface area contributed by atoms with E-state index in [0.717, 1.165) is 0 Å². The third-order valence-electron chi connectivity index (χ3n) is 2.18. The van der Waals surface area contributed by atoms with Gasteiger partial charge in [-0.05, 0) is 6.92 Å². The van der Waals surface area contributed by atoms with Crippen LogP contribution in [0.3, 0.4) is 0 Å². The fourth-order valence-corrected chi connectivity index (χ4v) is 2.00. The largest absolute Gasteiger partial charge is 0.462 e. The van der Waals surface area contributed by atoms with E-state index in [-0.39, 0.29) is 18.0 Å². The standard InChI is InChI=1S/C11H13N5O3S/c1-3-18-10(17)7-4-13-11(14-9(7)12)20-5-8-16-15-6(2)19-8/h4H,3,5H2,1-2H3,(H2,12,13,14). The van der Waals surface area contributed by atoms with E-state index in [2.05, 4.69) is 20.2 Å². The molecule has 8 nitrogen and oxygen atoms in total. The van der Waals surface area contributed by atoms with Crippen LogP contribution in [-0.4, -0.2) is 32.7 Å². The number of nitrogens with two attached hydrogens (primary N) is 1. The van der Waals surface area contributed by atoms with Crippen molar-refractivity contribution in [2.75, 3.05) is 12.3 Å². The molecule has 0 aliphatic rings. The van der Waals surface area contributed by atoms with E-state index >= 15 is 0 Å². The highest BCUT2D eigenvalue weighted by Gasteiger charge is 2.14. The van der Waals surface area contributed by atoms with Crippen molar-refractivity contribution in [1.82, 2.24) is 20.2 Å². The summed E-state index contributed by atoms with van der Waals surface area (Å²) in [6.07, 6.45) is 1.35. The predicted molar refractivity (Wildman–Crippen MR) is 71.0 cm³/mol. The Labute approximate surface area is 119 Å². The Morgan fingerprint density at radius 1 is 1.50 bits per heavy atom. The number of ether oxygens (including phenoxy) is 1. The Morgan fingerprint density at radius 2 is 2.30 bits per heavy atom. The summed E-state index contributed by atoms with van der Waals surface area (Å²) < 4.78 is 10.1. The summed E-state index contributed by atoms with van der Waals surface area (Å²) >= 11 is 1.28. The van der Waals surface area contributed by atoms with Crippen molar-refractivity contribution in [2.45, 2.75) is 24.8 Å².